The van der Waals surface area contributed by atoms with Crippen molar-refractivity contribution in [2.24, 2.45) is 0 Å². The summed E-state index contributed by atoms with van der Waals surface area (Å²) >= 11 is 2.29. The van der Waals surface area contributed by atoms with Gasteiger partial charge in [0.05, 0.1) is 23.8 Å². The minimum atomic E-state index is 0.627. The van der Waals surface area contributed by atoms with E-state index in [9.17, 15) is 0 Å². The highest BCUT2D eigenvalue weighted by molar-refractivity contribution is 14.1. The van der Waals surface area contributed by atoms with E-state index in [0.717, 1.165) is 22.5 Å². The van der Waals surface area contributed by atoms with Gasteiger partial charge in [0.1, 0.15) is 45.1 Å². The van der Waals surface area contributed by atoms with Crippen LogP contribution >= 0.6 is 22.6 Å². The molecule has 0 spiro atoms. The number of piperazine rings is 1. The van der Waals surface area contributed by atoms with Crippen molar-refractivity contribution >= 4 is 22.6 Å². The van der Waals surface area contributed by atoms with Crippen molar-refractivity contribution in [1.82, 2.24) is 0 Å². The summed E-state index contributed by atoms with van der Waals surface area (Å²) in [6.07, 6.45) is 0. The number of likely N-dealkylation sites (N-methyl/N-ethyl adjacent to an activating group) is 1. The molecule has 2 N–H and O–H groups in total. The fourth-order valence-electron chi connectivity index (χ4n) is 2.37. The van der Waals surface area contributed by atoms with Gasteiger partial charge in [-0.05, 0) is 34.7 Å². The summed E-state index contributed by atoms with van der Waals surface area (Å²) in [7, 11) is 2.27. The molecular weight excluding hydrogens is 367 g/mol. The lowest BCUT2D eigenvalue weighted by molar-refractivity contribution is -1.00. The molecular formula is C15H25IN2O2+2. The molecule has 5 heteroatoms. The Kier molecular flexibility index (Phi) is 7.06. The van der Waals surface area contributed by atoms with Crippen molar-refractivity contribution < 1.29 is 19.3 Å². The SMILES string of the molecule is C[NH+]1CC[NH+](CCOCCOc2ccccc2I)CC1. The van der Waals surface area contributed by atoms with Crippen LogP contribution in [-0.4, -0.2) is 59.6 Å². The fraction of sp³-hybridized carbons (Fsp3) is 0.600. The van der Waals surface area contributed by atoms with E-state index in [1.54, 1.807) is 9.80 Å². The van der Waals surface area contributed by atoms with Crippen LogP contribution in [-0.2, 0) is 4.74 Å². The van der Waals surface area contributed by atoms with Gasteiger partial charge in [-0.2, -0.15) is 0 Å². The van der Waals surface area contributed by atoms with E-state index in [2.05, 4.69) is 35.7 Å². The zero-order valence-corrected chi connectivity index (χ0v) is 14.3. The van der Waals surface area contributed by atoms with Crippen molar-refractivity contribution in [3.05, 3.63) is 27.8 Å². The standard InChI is InChI=1S/C15H23IN2O2/c1-17-6-8-18(9-7-17)10-11-19-12-13-20-15-5-3-2-4-14(15)16/h2-5H,6-13H2,1H3/p+2. The summed E-state index contributed by atoms with van der Waals surface area (Å²) in [4.78, 5) is 3.33. The van der Waals surface area contributed by atoms with E-state index in [1.165, 1.54) is 26.2 Å². The third-order valence-electron chi connectivity index (χ3n) is 3.73. The summed E-state index contributed by atoms with van der Waals surface area (Å²) in [5, 5.41) is 0. The highest BCUT2D eigenvalue weighted by Crippen LogP contribution is 2.19. The van der Waals surface area contributed by atoms with Crippen LogP contribution < -0.4 is 14.5 Å². The van der Waals surface area contributed by atoms with Gasteiger partial charge in [0.2, 0.25) is 0 Å². The summed E-state index contributed by atoms with van der Waals surface area (Å²) in [6.45, 7) is 8.36. The van der Waals surface area contributed by atoms with Crippen molar-refractivity contribution in [3.63, 3.8) is 0 Å². The van der Waals surface area contributed by atoms with Crippen LogP contribution in [0, 0.1) is 3.57 Å². The summed E-state index contributed by atoms with van der Waals surface area (Å²) in [6, 6.07) is 8.07. The molecule has 1 fully saturated rings. The molecule has 0 saturated carbocycles. The first-order valence-electron chi connectivity index (χ1n) is 7.35. The Labute approximate surface area is 135 Å². The first-order chi connectivity index (χ1) is 9.75. The third-order valence-corrected chi connectivity index (χ3v) is 4.62. The Morgan fingerprint density at radius 1 is 1.05 bits per heavy atom. The van der Waals surface area contributed by atoms with E-state index in [-0.39, 0.29) is 0 Å². The van der Waals surface area contributed by atoms with Gasteiger partial charge in [-0.15, -0.1) is 0 Å². The predicted molar refractivity (Wildman–Crippen MR) is 87.7 cm³/mol. The van der Waals surface area contributed by atoms with Gasteiger partial charge in [0.25, 0.3) is 0 Å². The lowest BCUT2D eigenvalue weighted by Gasteiger charge is -2.27. The third kappa shape index (κ3) is 5.55. The normalized spacial score (nSPS) is 22.7. The Balaban J connectivity index is 1.51. The maximum absolute atomic E-state index is 5.70. The van der Waals surface area contributed by atoms with E-state index in [4.69, 9.17) is 9.47 Å². The van der Waals surface area contributed by atoms with Crippen LogP contribution in [0.15, 0.2) is 24.3 Å². The molecule has 0 aliphatic carbocycles. The van der Waals surface area contributed by atoms with Crippen LogP contribution in [0.4, 0.5) is 0 Å². The van der Waals surface area contributed by atoms with Crippen LogP contribution in [0.2, 0.25) is 0 Å². The van der Waals surface area contributed by atoms with Crippen molar-refractivity contribution in [3.8, 4) is 5.75 Å². The number of para-hydroxylation sites is 1. The van der Waals surface area contributed by atoms with Crippen molar-refractivity contribution in [2.75, 3.05) is 59.6 Å². The quantitative estimate of drug-likeness (QED) is 0.465. The van der Waals surface area contributed by atoms with Gasteiger partial charge < -0.3 is 19.3 Å². The summed E-state index contributed by atoms with van der Waals surface area (Å²) in [5.74, 6) is 0.948. The van der Waals surface area contributed by atoms with Gasteiger partial charge in [0.15, 0.2) is 0 Å². The molecule has 4 nitrogen and oxygen atoms in total. The predicted octanol–water partition coefficient (Wildman–Crippen LogP) is -0.900. The number of halogens is 1. The Morgan fingerprint density at radius 3 is 2.55 bits per heavy atom. The smallest absolute Gasteiger partial charge is 0.132 e. The minimum Gasteiger partial charge on any atom is -0.490 e. The molecule has 0 aromatic heterocycles. The summed E-state index contributed by atoms with van der Waals surface area (Å²) < 4.78 is 12.5. The molecule has 20 heavy (non-hydrogen) atoms. The second-order valence-electron chi connectivity index (χ2n) is 5.35. The number of nitrogens with one attached hydrogen (secondary N) is 2. The number of hydrogen-bond donors (Lipinski definition) is 2. The molecule has 0 atom stereocenters. The van der Waals surface area contributed by atoms with Crippen molar-refractivity contribution in [1.29, 1.82) is 0 Å². The van der Waals surface area contributed by atoms with Crippen LogP contribution in [0.5, 0.6) is 5.75 Å². The highest BCUT2D eigenvalue weighted by Gasteiger charge is 2.18. The summed E-state index contributed by atoms with van der Waals surface area (Å²) in [5.41, 5.74) is 0. The minimum absolute atomic E-state index is 0.627. The molecule has 0 bridgehead atoms. The van der Waals surface area contributed by atoms with Gasteiger partial charge in [-0.1, -0.05) is 12.1 Å². The number of ether oxygens (including phenoxy) is 2. The zero-order valence-electron chi connectivity index (χ0n) is 12.2. The van der Waals surface area contributed by atoms with Gasteiger partial charge in [-0.25, -0.2) is 0 Å². The number of rotatable bonds is 7. The lowest BCUT2D eigenvalue weighted by Crippen LogP contribution is -3.27. The van der Waals surface area contributed by atoms with Crippen LogP contribution in [0.1, 0.15) is 0 Å². The highest BCUT2D eigenvalue weighted by atomic mass is 127. The second kappa shape index (κ2) is 8.81. The maximum atomic E-state index is 5.70. The first-order valence-corrected chi connectivity index (χ1v) is 8.43. The molecule has 1 aromatic rings. The molecule has 1 saturated heterocycles. The molecule has 112 valence electrons. The van der Waals surface area contributed by atoms with E-state index >= 15 is 0 Å². The van der Waals surface area contributed by atoms with E-state index < -0.39 is 0 Å². The molecule has 1 aliphatic heterocycles. The molecule has 0 unspecified atom stereocenters. The Hall–Kier alpha value is -0.370. The Bertz CT molecular complexity index is 395. The average molecular weight is 392 g/mol. The lowest BCUT2D eigenvalue weighted by atomic mass is 10.3. The van der Waals surface area contributed by atoms with Gasteiger partial charge >= 0.3 is 0 Å². The molecule has 1 aromatic carbocycles. The molecule has 0 radical (unpaired) electrons. The van der Waals surface area contributed by atoms with Gasteiger partial charge in [0, 0.05) is 0 Å². The van der Waals surface area contributed by atoms with E-state index in [1.807, 2.05) is 18.2 Å². The molecule has 2 rings (SSSR count). The van der Waals surface area contributed by atoms with Gasteiger partial charge in [-0.3, -0.25) is 0 Å². The molecule has 1 heterocycles. The van der Waals surface area contributed by atoms with E-state index in [0.29, 0.717) is 13.2 Å². The largest absolute Gasteiger partial charge is 0.490 e. The molecule has 1 aliphatic rings. The van der Waals surface area contributed by atoms with Crippen LogP contribution in [0.3, 0.4) is 0 Å². The molecule has 0 amide bonds. The second-order valence-corrected chi connectivity index (χ2v) is 6.51. The number of hydrogen-bond acceptors (Lipinski definition) is 2. The number of quaternary nitrogens is 2. The topological polar surface area (TPSA) is 27.3 Å². The first kappa shape index (κ1) is 16.0. The van der Waals surface area contributed by atoms with Crippen LogP contribution in [0.25, 0.3) is 0 Å². The zero-order chi connectivity index (χ0) is 14.2. The monoisotopic (exact) mass is 392 g/mol. The Morgan fingerprint density at radius 2 is 1.80 bits per heavy atom. The fourth-order valence-corrected chi connectivity index (χ4v) is 2.91. The van der Waals surface area contributed by atoms with Crippen molar-refractivity contribution in [2.45, 2.75) is 0 Å². The number of benzene rings is 1. The average Bonchev–Trinajstić information content (AvgIpc) is 2.46. The maximum Gasteiger partial charge on any atom is 0.132 e.